The van der Waals surface area contributed by atoms with Crippen LogP contribution in [0.2, 0.25) is 5.02 Å². The Morgan fingerprint density at radius 2 is 1.69 bits per heavy atom. The molecular weight excluding hydrogens is 525 g/mol. The van der Waals surface area contributed by atoms with Crippen molar-refractivity contribution < 1.29 is 33.7 Å². The van der Waals surface area contributed by atoms with Crippen LogP contribution < -0.4 is 14.4 Å². The summed E-state index contributed by atoms with van der Waals surface area (Å²) in [5.41, 5.74) is 1.51. The van der Waals surface area contributed by atoms with Gasteiger partial charge in [0.15, 0.2) is 11.5 Å². The lowest BCUT2D eigenvalue weighted by Gasteiger charge is -2.26. The van der Waals surface area contributed by atoms with Gasteiger partial charge in [0.25, 0.3) is 11.7 Å². The molecule has 2 N–H and O–H groups in total. The number of phenols is 1. The number of anilines is 1. The summed E-state index contributed by atoms with van der Waals surface area (Å²) in [6.07, 6.45) is 0. The number of ether oxygens (including phenoxy) is 2. The first-order valence-electron chi connectivity index (χ1n) is 12.6. The molecule has 3 aromatic carbocycles. The SMILES string of the molecule is CCOc1cc(C2/C(=C(\O)c3ccc(OCC)c(C(C)C)c3)C(=O)C(=O)N2c2ccc(F)c(Cl)c2)ccc1O. The molecule has 0 saturated carbocycles. The molecule has 1 atom stereocenters. The Kier molecular flexibility index (Phi) is 8.16. The number of hydrogen-bond donors (Lipinski definition) is 2. The molecule has 0 aliphatic carbocycles. The van der Waals surface area contributed by atoms with Gasteiger partial charge in [0.2, 0.25) is 0 Å². The number of aliphatic hydroxyl groups excluding tert-OH is 1. The number of hydrogen-bond acceptors (Lipinski definition) is 6. The molecule has 0 aromatic heterocycles. The Morgan fingerprint density at radius 1 is 1.00 bits per heavy atom. The fourth-order valence-corrected chi connectivity index (χ4v) is 4.79. The van der Waals surface area contributed by atoms with Crippen LogP contribution in [-0.4, -0.2) is 35.1 Å². The number of carbonyl (C=O) groups excluding carboxylic acids is 2. The van der Waals surface area contributed by atoms with Crippen molar-refractivity contribution in [2.45, 2.75) is 39.7 Å². The molecule has 204 valence electrons. The van der Waals surface area contributed by atoms with Crippen molar-refractivity contribution in [3.63, 3.8) is 0 Å². The fourth-order valence-electron chi connectivity index (χ4n) is 4.61. The number of nitrogens with zero attached hydrogens (tertiary/aromatic N) is 1. The Balaban J connectivity index is 1.97. The van der Waals surface area contributed by atoms with E-state index < -0.39 is 23.5 Å². The molecule has 1 aliphatic heterocycles. The smallest absolute Gasteiger partial charge is 0.300 e. The lowest BCUT2D eigenvalue weighted by molar-refractivity contribution is -0.132. The molecule has 9 heteroatoms. The Hall–Kier alpha value is -4.04. The van der Waals surface area contributed by atoms with Gasteiger partial charge >= 0.3 is 0 Å². The predicted molar refractivity (Wildman–Crippen MR) is 147 cm³/mol. The van der Waals surface area contributed by atoms with E-state index in [-0.39, 0.29) is 46.1 Å². The van der Waals surface area contributed by atoms with E-state index in [0.29, 0.717) is 23.5 Å². The van der Waals surface area contributed by atoms with Gasteiger partial charge in [-0.3, -0.25) is 14.5 Å². The van der Waals surface area contributed by atoms with Crippen LogP contribution in [0.4, 0.5) is 10.1 Å². The number of aromatic hydroxyl groups is 1. The third-order valence-electron chi connectivity index (χ3n) is 6.43. The van der Waals surface area contributed by atoms with Crippen LogP contribution in [0, 0.1) is 5.82 Å². The van der Waals surface area contributed by atoms with Crippen LogP contribution in [0.25, 0.3) is 5.76 Å². The lowest BCUT2D eigenvalue weighted by Crippen LogP contribution is -2.29. The zero-order chi connectivity index (χ0) is 28.4. The third kappa shape index (κ3) is 5.29. The number of carbonyl (C=O) groups is 2. The topological polar surface area (TPSA) is 96.3 Å². The standard InChI is InChI=1S/C30H29ClFNO6/c1-5-38-24-12-8-18(13-20(24)16(3)4)28(35)26-27(17-7-11-23(34)25(14-17)39-6-2)33(30(37)29(26)36)19-9-10-22(32)21(31)15-19/h7-16,27,34-35H,5-6H2,1-4H3/b28-26+. The second-order valence-electron chi connectivity index (χ2n) is 9.27. The number of rotatable bonds is 8. The molecule has 4 rings (SSSR count). The third-order valence-corrected chi connectivity index (χ3v) is 6.72. The quantitative estimate of drug-likeness (QED) is 0.182. The van der Waals surface area contributed by atoms with Crippen LogP contribution in [-0.2, 0) is 9.59 Å². The van der Waals surface area contributed by atoms with Gasteiger partial charge in [-0.25, -0.2) is 4.39 Å². The van der Waals surface area contributed by atoms with E-state index in [1.54, 1.807) is 25.1 Å². The van der Waals surface area contributed by atoms with E-state index in [9.17, 15) is 24.2 Å². The zero-order valence-electron chi connectivity index (χ0n) is 22.0. The predicted octanol–water partition coefficient (Wildman–Crippen LogP) is 6.73. The molecule has 1 unspecified atom stereocenters. The summed E-state index contributed by atoms with van der Waals surface area (Å²) in [4.78, 5) is 28.1. The van der Waals surface area contributed by atoms with Crippen molar-refractivity contribution >= 4 is 34.7 Å². The second-order valence-corrected chi connectivity index (χ2v) is 9.68. The summed E-state index contributed by atoms with van der Waals surface area (Å²) < 4.78 is 25.2. The first kappa shape index (κ1) is 28.0. The van der Waals surface area contributed by atoms with Crippen LogP contribution in [0.5, 0.6) is 17.2 Å². The summed E-state index contributed by atoms with van der Waals surface area (Å²) >= 11 is 6.02. The minimum atomic E-state index is -1.12. The zero-order valence-corrected chi connectivity index (χ0v) is 22.8. The molecule has 3 aromatic rings. The Morgan fingerprint density at radius 3 is 2.33 bits per heavy atom. The summed E-state index contributed by atoms with van der Waals surface area (Å²) in [5.74, 6) is -2.21. The van der Waals surface area contributed by atoms with Crippen molar-refractivity contribution in [2.24, 2.45) is 0 Å². The number of amides is 1. The van der Waals surface area contributed by atoms with Gasteiger partial charge in [-0.1, -0.05) is 31.5 Å². The highest BCUT2D eigenvalue weighted by Crippen LogP contribution is 2.45. The average molecular weight is 554 g/mol. The van der Waals surface area contributed by atoms with Crippen molar-refractivity contribution in [1.29, 1.82) is 0 Å². The van der Waals surface area contributed by atoms with Gasteiger partial charge in [-0.15, -0.1) is 0 Å². The van der Waals surface area contributed by atoms with E-state index >= 15 is 0 Å². The molecule has 39 heavy (non-hydrogen) atoms. The van der Waals surface area contributed by atoms with Gasteiger partial charge in [-0.05, 0) is 79.4 Å². The minimum absolute atomic E-state index is 0.0460. The van der Waals surface area contributed by atoms with Gasteiger partial charge in [0, 0.05) is 11.3 Å². The van der Waals surface area contributed by atoms with Crippen LogP contribution in [0.1, 0.15) is 56.3 Å². The summed E-state index contributed by atoms with van der Waals surface area (Å²) in [7, 11) is 0. The molecule has 7 nitrogen and oxygen atoms in total. The van der Waals surface area contributed by atoms with E-state index in [0.717, 1.165) is 16.5 Å². The van der Waals surface area contributed by atoms with Gasteiger partial charge < -0.3 is 19.7 Å². The van der Waals surface area contributed by atoms with Crippen LogP contribution in [0.15, 0.2) is 60.2 Å². The highest BCUT2D eigenvalue weighted by Gasteiger charge is 2.47. The summed E-state index contributed by atoms with van der Waals surface area (Å²) in [6, 6.07) is 12.0. The van der Waals surface area contributed by atoms with Crippen molar-refractivity contribution in [3.8, 4) is 17.2 Å². The summed E-state index contributed by atoms with van der Waals surface area (Å²) in [5, 5.41) is 21.6. The van der Waals surface area contributed by atoms with Crippen LogP contribution in [0.3, 0.4) is 0 Å². The van der Waals surface area contributed by atoms with Crippen molar-refractivity contribution in [2.75, 3.05) is 18.1 Å². The highest BCUT2D eigenvalue weighted by atomic mass is 35.5. The molecule has 0 spiro atoms. The number of aliphatic hydroxyl groups is 1. The van der Waals surface area contributed by atoms with Gasteiger partial charge in [0.05, 0.1) is 29.9 Å². The number of benzene rings is 3. The average Bonchev–Trinajstić information content (AvgIpc) is 3.17. The number of halogens is 2. The van der Waals surface area contributed by atoms with Crippen molar-refractivity contribution in [3.05, 3.63) is 87.7 Å². The monoisotopic (exact) mass is 553 g/mol. The van der Waals surface area contributed by atoms with Crippen molar-refractivity contribution in [1.82, 2.24) is 0 Å². The molecule has 1 amide bonds. The second kappa shape index (κ2) is 11.4. The highest BCUT2D eigenvalue weighted by molar-refractivity contribution is 6.51. The molecular formula is C30H29ClFNO6. The molecule has 1 heterocycles. The first-order chi connectivity index (χ1) is 18.6. The normalized spacial score (nSPS) is 16.7. The largest absolute Gasteiger partial charge is 0.507 e. The Bertz CT molecular complexity index is 1470. The Labute approximate surface area is 231 Å². The minimum Gasteiger partial charge on any atom is -0.507 e. The van der Waals surface area contributed by atoms with Crippen LogP contribution >= 0.6 is 11.6 Å². The van der Waals surface area contributed by atoms with E-state index in [1.165, 1.54) is 30.3 Å². The lowest BCUT2D eigenvalue weighted by atomic mass is 9.93. The van der Waals surface area contributed by atoms with Gasteiger partial charge in [0.1, 0.15) is 17.3 Å². The number of Topliss-reactive ketones (excluding diaryl/α,β-unsaturated/α-hetero) is 1. The maximum absolute atomic E-state index is 14.0. The fraction of sp³-hybridized carbons (Fsp3) is 0.267. The van der Waals surface area contributed by atoms with Gasteiger partial charge in [-0.2, -0.15) is 0 Å². The summed E-state index contributed by atoms with van der Waals surface area (Å²) in [6.45, 7) is 8.29. The molecule has 1 aliphatic rings. The van der Waals surface area contributed by atoms with E-state index in [2.05, 4.69) is 0 Å². The van der Waals surface area contributed by atoms with E-state index in [1.807, 2.05) is 20.8 Å². The maximum Gasteiger partial charge on any atom is 0.300 e. The number of ketones is 1. The maximum atomic E-state index is 14.0. The molecule has 1 fully saturated rings. The first-order valence-corrected chi connectivity index (χ1v) is 13.0. The van der Waals surface area contributed by atoms with E-state index in [4.69, 9.17) is 21.1 Å². The molecule has 1 saturated heterocycles. The molecule has 0 bridgehead atoms. The number of phenolic OH excluding ortho intramolecular Hbond substituents is 1. The molecule has 0 radical (unpaired) electrons.